The van der Waals surface area contributed by atoms with Gasteiger partial charge >= 0.3 is 0 Å². The molecule has 0 atom stereocenters. The molecule has 2 rings (SSSR count). The van der Waals surface area contributed by atoms with Crippen molar-refractivity contribution in [2.45, 2.75) is 51.9 Å². The van der Waals surface area contributed by atoms with E-state index in [1.54, 1.807) is 6.07 Å². The Morgan fingerprint density at radius 1 is 1.25 bits per heavy atom. The van der Waals surface area contributed by atoms with Gasteiger partial charge in [-0.2, -0.15) is 0 Å². The number of halogens is 1. The highest BCUT2D eigenvalue weighted by atomic mass is 35.5. The van der Waals surface area contributed by atoms with E-state index in [9.17, 15) is 4.79 Å². The first-order valence-electron chi connectivity index (χ1n) is 7.71. The quantitative estimate of drug-likeness (QED) is 0.798. The van der Waals surface area contributed by atoms with Crippen molar-refractivity contribution in [3.8, 4) is 0 Å². The number of hydrogen-bond acceptors (Lipinski definition) is 1. The zero-order valence-electron chi connectivity index (χ0n) is 12.3. The van der Waals surface area contributed by atoms with Crippen LogP contribution in [0.3, 0.4) is 0 Å². The van der Waals surface area contributed by atoms with Crippen molar-refractivity contribution in [1.29, 1.82) is 0 Å². The number of amides is 1. The lowest BCUT2D eigenvalue weighted by molar-refractivity contribution is 0.0951. The Balaban J connectivity index is 1.79. The molecular weight excluding hydrogens is 270 g/mol. The third-order valence-electron chi connectivity index (χ3n) is 4.18. The molecule has 1 aliphatic rings. The molecule has 0 aliphatic heterocycles. The second-order valence-corrected chi connectivity index (χ2v) is 6.29. The lowest BCUT2D eigenvalue weighted by Gasteiger charge is -2.14. The predicted molar refractivity (Wildman–Crippen MR) is 84.3 cm³/mol. The van der Waals surface area contributed by atoms with Crippen LogP contribution in [0.15, 0.2) is 18.2 Å². The predicted octanol–water partition coefficient (Wildman–Crippen LogP) is 4.74. The Hall–Kier alpha value is -1.02. The Kier molecular flexibility index (Phi) is 5.90. The second-order valence-electron chi connectivity index (χ2n) is 5.89. The van der Waals surface area contributed by atoms with E-state index in [0.717, 1.165) is 24.4 Å². The summed E-state index contributed by atoms with van der Waals surface area (Å²) in [5.74, 6) is 0.731. The fourth-order valence-corrected chi connectivity index (χ4v) is 3.26. The van der Waals surface area contributed by atoms with Gasteiger partial charge in [-0.25, -0.2) is 0 Å². The van der Waals surface area contributed by atoms with Crippen LogP contribution < -0.4 is 5.32 Å². The molecule has 1 N–H and O–H groups in total. The maximum Gasteiger partial charge on any atom is 0.252 e. The molecule has 20 heavy (non-hydrogen) atoms. The van der Waals surface area contributed by atoms with Gasteiger partial charge < -0.3 is 5.32 Å². The van der Waals surface area contributed by atoms with E-state index in [4.69, 9.17) is 11.6 Å². The Morgan fingerprint density at radius 2 is 1.95 bits per heavy atom. The fourth-order valence-electron chi connectivity index (χ4n) is 2.94. The summed E-state index contributed by atoms with van der Waals surface area (Å²) in [5, 5.41) is 3.54. The Bertz CT molecular complexity index is 450. The van der Waals surface area contributed by atoms with E-state index >= 15 is 0 Å². The molecule has 1 aliphatic carbocycles. The van der Waals surface area contributed by atoms with Crippen LogP contribution in [0, 0.1) is 12.8 Å². The standard InChI is InChI=1S/C17H24ClNO/c1-13-8-9-15(16(18)12-13)17(20)19-11-10-14-6-4-2-3-5-7-14/h8-9,12,14H,2-7,10-11H2,1H3,(H,19,20). The Labute approximate surface area is 126 Å². The molecule has 0 spiro atoms. The van der Waals surface area contributed by atoms with Gasteiger partial charge in [0.25, 0.3) is 5.91 Å². The highest BCUT2D eigenvalue weighted by molar-refractivity contribution is 6.33. The zero-order chi connectivity index (χ0) is 14.4. The molecule has 3 heteroatoms. The average Bonchev–Trinajstić information content (AvgIpc) is 2.67. The number of carbonyl (C=O) groups is 1. The van der Waals surface area contributed by atoms with E-state index in [0.29, 0.717) is 10.6 Å². The summed E-state index contributed by atoms with van der Waals surface area (Å²) in [7, 11) is 0. The summed E-state index contributed by atoms with van der Waals surface area (Å²) in [6.45, 7) is 2.73. The smallest absolute Gasteiger partial charge is 0.252 e. The van der Waals surface area contributed by atoms with Crippen molar-refractivity contribution < 1.29 is 4.79 Å². The van der Waals surface area contributed by atoms with Gasteiger partial charge in [0, 0.05) is 6.54 Å². The van der Waals surface area contributed by atoms with E-state index in [-0.39, 0.29) is 5.91 Å². The van der Waals surface area contributed by atoms with Crippen molar-refractivity contribution in [3.05, 3.63) is 34.3 Å². The first-order chi connectivity index (χ1) is 9.66. The zero-order valence-corrected chi connectivity index (χ0v) is 13.0. The maximum atomic E-state index is 12.1. The molecule has 0 aromatic heterocycles. The molecule has 1 aromatic carbocycles. The van der Waals surface area contributed by atoms with Crippen LogP contribution in [-0.4, -0.2) is 12.5 Å². The molecule has 1 fully saturated rings. The van der Waals surface area contributed by atoms with Gasteiger partial charge in [-0.15, -0.1) is 0 Å². The third-order valence-corrected chi connectivity index (χ3v) is 4.49. The SMILES string of the molecule is Cc1ccc(C(=O)NCCC2CCCCCC2)c(Cl)c1. The first kappa shape index (κ1) is 15.4. The van der Waals surface area contributed by atoms with Crippen LogP contribution in [0.5, 0.6) is 0 Å². The van der Waals surface area contributed by atoms with Gasteiger partial charge in [0.15, 0.2) is 0 Å². The topological polar surface area (TPSA) is 29.1 Å². The minimum atomic E-state index is -0.0522. The second kappa shape index (κ2) is 7.68. The monoisotopic (exact) mass is 293 g/mol. The number of aryl methyl sites for hydroxylation is 1. The van der Waals surface area contributed by atoms with Gasteiger partial charge in [0.2, 0.25) is 0 Å². The van der Waals surface area contributed by atoms with Gasteiger partial charge in [-0.3, -0.25) is 4.79 Å². The molecule has 1 saturated carbocycles. The lowest BCUT2D eigenvalue weighted by Crippen LogP contribution is -2.26. The molecule has 0 radical (unpaired) electrons. The van der Waals surface area contributed by atoms with Crippen LogP contribution in [0.4, 0.5) is 0 Å². The van der Waals surface area contributed by atoms with E-state index in [1.165, 1.54) is 38.5 Å². The minimum absolute atomic E-state index is 0.0522. The first-order valence-corrected chi connectivity index (χ1v) is 8.09. The number of benzene rings is 1. The number of hydrogen-bond donors (Lipinski definition) is 1. The van der Waals surface area contributed by atoms with Crippen molar-refractivity contribution in [2.24, 2.45) is 5.92 Å². The van der Waals surface area contributed by atoms with E-state index in [1.807, 2.05) is 19.1 Å². The highest BCUT2D eigenvalue weighted by Crippen LogP contribution is 2.25. The van der Waals surface area contributed by atoms with Crippen LogP contribution in [-0.2, 0) is 0 Å². The molecule has 0 saturated heterocycles. The summed E-state index contributed by atoms with van der Waals surface area (Å²) in [6, 6.07) is 5.56. The number of nitrogens with one attached hydrogen (secondary N) is 1. The molecule has 1 amide bonds. The van der Waals surface area contributed by atoms with Gasteiger partial charge in [0.05, 0.1) is 10.6 Å². The van der Waals surface area contributed by atoms with Crippen LogP contribution in [0.1, 0.15) is 60.9 Å². The molecule has 1 aromatic rings. The van der Waals surface area contributed by atoms with Crippen molar-refractivity contribution in [1.82, 2.24) is 5.32 Å². The maximum absolute atomic E-state index is 12.1. The summed E-state index contributed by atoms with van der Waals surface area (Å²) in [4.78, 5) is 12.1. The summed E-state index contributed by atoms with van der Waals surface area (Å²) < 4.78 is 0. The van der Waals surface area contributed by atoms with Gasteiger partial charge in [-0.05, 0) is 37.0 Å². The Morgan fingerprint density at radius 3 is 2.60 bits per heavy atom. The number of carbonyl (C=O) groups excluding carboxylic acids is 1. The molecular formula is C17H24ClNO. The fraction of sp³-hybridized carbons (Fsp3) is 0.588. The van der Waals surface area contributed by atoms with E-state index < -0.39 is 0 Å². The number of rotatable bonds is 4. The average molecular weight is 294 g/mol. The van der Waals surface area contributed by atoms with Crippen molar-refractivity contribution in [3.63, 3.8) is 0 Å². The molecule has 0 bridgehead atoms. The molecule has 110 valence electrons. The summed E-state index contributed by atoms with van der Waals surface area (Å²) in [5.41, 5.74) is 1.66. The summed E-state index contributed by atoms with van der Waals surface area (Å²) in [6.07, 6.45) is 9.19. The lowest BCUT2D eigenvalue weighted by atomic mass is 9.97. The van der Waals surface area contributed by atoms with Crippen molar-refractivity contribution in [2.75, 3.05) is 6.54 Å². The summed E-state index contributed by atoms with van der Waals surface area (Å²) >= 11 is 6.11. The van der Waals surface area contributed by atoms with Crippen LogP contribution in [0.25, 0.3) is 0 Å². The normalized spacial score (nSPS) is 16.7. The van der Waals surface area contributed by atoms with Gasteiger partial charge in [0.1, 0.15) is 0 Å². The van der Waals surface area contributed by atoms with Gasteiger partial charge in [-0.1, -0.05) is 56.2 Å². The van der Waals surface area contributed by atoms with Crippen molar-refractivity contribution >= 4 is 17.5 Å². The third kappa shape index (κ3) is 4.52. The van der Waals surface area contributed by atoms with Crippen LogP contribution >= 0.6 is 11.6 Å². The van der Waals surface area contributed by atoms with E-state index in [2.05, 4.69) is 5.32 Å². The molecule has 0 heterocycles. The van der Waals surface area contributed by atoms with Crippen LogP contribution in [0.2, 0.25) is 5.02 Å². The minimum Gasteiger partial charge on any atom is -0.352 e. The highest BCUT2D eigenvalue weighted by Gasteiger charge is 2.14. The largest absolute Gasteiger partial charge is 0.352 e. The molecule has 2 nitrogen and oxygen atoms in total. The molecule has 0 unspecified atom stereocenters.